The molecule has 6 aromatic rings. The van der Waals surface area contributed by atoms with Crippen molar-refractivity contribution in [2.24, 2.45) is 0 Å². The van der Waals surface area contributed by atoms with E-state index in [1.54, 1.807) is 0 Å². The first-order valence-electron chi connectivity index (χ1n) is 11.1. The monoisotopic (exact) mass is 422 g/mol. The molecule has 0 unspecified atom stereocenters. The SMILES string of the molecule is C=Cc1c(C=C)n2c3ccccc3nc2c2ccc(-c3ccc(-c4ccccc4)cc3)cc12. The van der Waals surface area contributed by atoms with Crippen LogP contribution < -0.4 is 0 Å². The summed E-state index contributed by atoms with van der Waals surface area (Å²) < 4.78 is 2.19. The number of imidazole rings is 1. The first-order chi connectivity index (χ1) is 16.3. The molecule has 2 nitrogen and oxygen atoms in total. The van der Waals surface area contributed by atoms with Gasteiger partial charge in [-0.05, 0) is 58.0 Å². The van der Waals surface area contributed by atoms with E-state index in [-0.39, 0.29) is 0 Å². The first kappa shape index (κ1) is 19.3. The number of rotatable bonds is 4. The van der Waals surface area contributed by atoms with Crippen LogP contribution in [0.4, 0.5) is 0 Å². The summed E-state index contributed by atoms with van der Waals surface area (Å²) in [5.41, 5.74) is 9.86. The van der Waals surface area contributed by atoms with Gasteiger partial charge in [-0.1, -0.05) is 92.0 Å². The maximum absolute atomic E-state index is 4.96. The van der Waals surface area contributed by atoms with E-state index >= 15 is 0 Å². The third kappa shape index (κ3) is 3.00. The Morgan fingerprint density at radius 1 is 0.606 bits per heavy atom. The molecule has 0 amide bonds. The summed E-state index contributed by atoms with van der Waals surface area (Å²) in [6.07, 6.45) is 3.83. The normalized spacial score (nSPS) is 11.3. The molecule has 33 heavy (non-hydrogen) atoms. The second-order valence-corrected chi connectivity index (χ2v) is 8.17. The molecule has 0 N–H and O–H groups in total. The van der Waals surface area contributed by atoms with Gasteiger partial charge in [0.25, 0.3) is 0 Å². The van der Waals surface area contributed by atoms with Crippen molar-refractivity contribution in [2.75, 3.05) is 0 Å². The first-order valence-corrected chi connectivity index (χ1v) is 11.1. The van der Waals surface area contributed by atoms with Crippen molar-refractivity contribution >= 4 is 39.6 Å². The van der Waals surface area contributed by atoms with Gasteiger partial charge >= 0.3 is 0 Å². The van der Waals surface area contributed by atoms with Gasteiger partial charge in [-0.15, -0.1) is 0 Å². The van der Waals surface area contributed by atoms with E-state index in [0.717, 1.165) is 38.7 Å². The number of hydrogen-bond acceptors (Lipinski definition) is 1. The molecule has 0 atom stereocenters. The summed E-state index contributed by atoms with van der Waals surface area (Å²) in [7, 11) is 0. The van der Waals surface area contributed by atoms with Crippen LogP contribution in [0.25, 0.3) is 61.9 Å². The van der Waals surface area contributed by atoms with Gasteiger partial charge in [0, 0.05) is 10.9 Å². The summed E-state index contributed by atoms with van der Waals surface area (Å²) in [4.78, 5) is 4.96. The average Bonchev–Trinajstić information content (AvgIpc) is 3.28. The van der Waals surface area contributed by atoms with Crippen molar-refractivity contribution < 1.29 is 0 Å². The van der Waals surface area contributed by atoms with Crippen LogP contribution in [0, 0.1) is 0 Å². The predicted octanol–water partition coefficient (Wildman–Crippen LogP) is 8.26. The molecule has 4 aromatic carbocycles. The molecule has 2 heterocycles. The Hall–Kier alpha value is -4.43. The van der Waals surface area contributed by atoms with Crippen molar-refractivity contribution in [1.82, 2.24) is 9.38 Å². The molecular formula is C31H22N2. The number of pyridine rings is 1. The predicted molar refractivity (Wildman–Crippen MR) is 141 cm³/mol. The second-order valence-electron chi connectivity index (χ2n) is 8.17. The van der Waals surface area contributed by atoms with Gasteiger partial charge in [0.2, 0.25) is 0 Å². The standard InChI is InChI=1S/C31H22N2/c1-3-25-27-20-24(23-16-14-22(15-17-23)21-10-6-5-7-11-21)18-19-26(27)31-32-28-12-8-9-13-30(28)33(31)29(25)4-2/h3-20H,1-2H2. The molecule has 0 aliphatic heterocycles. The highest BCUT2D eigenvalue weighted by Gasteiger charge is 2.16. The van der Waals surface area contributed by atoms with Crippen molar-refractivity contribution in [3.8, 4) is 22.3 Å². The fourth-order valence-electron chi connectivity index (χ4n) is 4.75. The fourth-order valence-corrected chi connectivity index (χ4v) is 4.75. The minimum atomic E-state index is 0.942. The molecule has 0 spiro atoms. The number of hydrogen-bond donors (Lipinski definition) is 0. The van der Waals surface area contributed by atoms with Crippen LogP contribution in [0.3, 0.4) is 0 Å². The van der Waals surface area contributed by atoms with Crippen LogP contribution in [0.1, 0.15) is 11.3 Å². The molecule has 6 rings (SSSR count). The number of fused-ring (bicyclic) bond motifs is 5. The summed E-state index contributed by atoms with van der Waals surface area (Å²) in [5.74, 6) is 0. The molecule has 2 aromatic heterocycles. The van der Waals surface area contributed by atoms with Crippen LogP contribution in [0.2, 0.25) is 0 Å². The molecule has 0 bridgehead atoms. The van der Waals surface area contributed by atoms with Crippen LogP contribution in [0.15, 0.2) is 110 Å². The Balaban J connectivity index is 1.57. The van der Waals surface area contributed by atoms with Crippen LogP contribution in [-0.2, 0) is 0 Å². The largest absolute Gasteiger partial charge is 0.292 e. The van der Waals surface area contributed by atoms with Crippen molar-refractivity contribution in [3.63, 3.8) is 0 Å². The van der Waals surface area contributed by atoms with E-state index in [2.05, 4.69) is 96.4 Å². The highest BCUT2D eigenvalue weighted by molar-refractivity contribution is 6.05. The van der Waals surface area contributed by atoms with Gasteiger partial charge < -0.3 is 0 Å². The highest BCUT2D eigenvalue weighted by Crippen LogP contribution is 2.35. The lowest BCUT2D eigenvalue weighted by molar-refractivity contribution is 1.21. The Morgan fingerprint density at radius 2 is 1.24 bits per heavy atom. The number of nitrogens with zero attached hydrogens (tertiary/aromatic N) is 2. The van der Waals surface area contributed by atoms with Gasteiger partial charge in [-0.25, -0.2) is 4.98 Å². The van der Waals surface area contributed by atoms with E-state index in [0.29, 0.717) is 0 Å². The van der Waals surface area contributed by atoms with Gasteiger partial charge in [0.1, 0.15) is 5.65 Å². The fraction of sp³-hybridized carbons (Fsp3) is 0. The van der Waals surface area contributed by atoms with E-state index in [1.807, 2.05) is 30.4 Å². The second kappa shape index (κ2) is 7.61. The van der Waals surface area contributed by atoms with Gasteiger partial charge in [-0.3, -0.25) is 4.40 Å². The van der Waals surface area contributed by atoms with E-state index in [1.165, 1.54) is 22.3 Å². The highest BCUT2D eigenvalue weighted by atomic mass is 15.0. The van der Waals surface area contributed by atoms with Gasteiger partial charge in [0.15, 0.2) is 0 Å². The van der Waals surface area contributed by atoms with Crippen LogP contribution >= 0.6 is 0 Å². The third-order valence-electron chi connectivity index (χ3n) is 6.35. The summed E-state index contributed by atoms with van der Waals surface area (Å²) in [6, 6.07) is 34.0. The van der Waals surface area contributed by atoms with Crippen molar-refractivity contribution in [3.05, 3.63) is 121 Å². The Bertz CT molecular complexity index is 1670. The summed E-state index contributed by atoms with van der Waals surface area (Å²) in [6.45, 7) is 8.23. The molecule has 0 saturated heterocycles. The Kier molecular flexibility index (Phi) is 4.44. The van der Waals surface area contributed by atoms with Gasteiger partial charge in [0.05, 0.1) is 16.7 Å². The zero-order valence-corrected chi connectivity index (χ0v) is 18.2. The smallest absolute Gasteiger partial charge is 0.146 e. The van der Waals surface area contributed by atoms with Crippen LogP contribution in [-0.4, -0.2) is 9.38 Å². The summed E-state index contributed by atoms with van der Waals surface area (Å²) in [5, 5.41) is 2.24. The van der Waals surface area contributed by atoms with E-state index < -0.39 is 0 Å². The molecule has 0 fully saturated rings. The molecule has 2 heteroatoms. The van der Waals surface area contributed by atoms with E-state index in [9.17, 15) is 0 Å². The molecular weight excluding hydrogens is 400 g/mol. The quantitative estimate of drug-likeness (QED) is 0.279. The van der Waals surface area contributed by atoms with Crippen molar-refractivity contribution in [1.29, 1.82) is 0 Å². The minimum absolute atomic E-state index is 0.942. The molecule has 0 radical (unpaired) electrons. The number of para-hydroxylation sites is 2. The Morgan fingerprint density at radius 3 is 1.97 bits per heavy atom. The van der Waals surface area contributed by atoms with Gasteiger partial charge in [-0.2, -0.15) is 0 Å². The lowest BCUT2D eigenvalue weighted by atomic mass is 9.96. The zero-order chi connectivity index (χ0) is 22.4. The number of benzene rings is 4. The molecule has 0 saturated carbocycles. The third-order valence-corrected chi connectivity index (χ3v) is 6.35. The van der Waals surface area contributed by atoms with Crippen LogP contribution in [0.5, 0.6) is 0 Å². The molecule has 0 aliphatic carbocycles. The topological polar surface area (TPSA) is 17.3 Å². The molecule has 0 aliphatic rings. The lowest BCUT2D eigenvalue weighted by Gasteiger charge is -2.13. The van der Waals surface area contributed by atoms with E-state index in [4.69, 9.17) is 4.98 Å². The van der Waals surface area contributed by atoms with Crippen molar-refractivity contribution in [2.45, 2.75) is 0 Å². The Labute approximate surface area is 192 Å². The average molecular weight is 423 g/mol. The number of aromatic nitrogens is 2. The molecule has 156 valence electrons. The minimum Gasteiger partial charge on any atom is -0.292 e. The lowest BCUT2D eigenvalue weighted by Crippen LogP contribution is -1.97. The maximum Gasteiger partial charge on any atom is 0.146 e. The zero-order valence-electron chi connectivity index (χ0n) is 18.2. The maximum atomic E-state index is 4.96. The summed E-state index contributed by atoms with van der Waals surface area (Å²) >= 11 is 0.